The quantitative estimate of drug-likeness (QED) is 0.179. The lowest BCUT2D eigenvalue weighted by Gasteiger charge is -2.41. The molecule has 2 aromatic heterocycles. The Morgan fingerprint density at radius 2 is 1.50 bits per heavy atom. The highest BCUT2D eigenvalue weighted by atomic mass is 32.1. The number of hydrogen-bond acceptors (Lipinski definition) is 9. The van der Waals surface area contributed by atoms with E-state index in [1.165, 1.54) is 29.0 Å². The minimum Gasteiger partial charge on any atom is -0.375 e. The fourth-order valence-electron chi connectivity index (χ4n) is 5.80. The second kappa shape index (κ2) is 12.4. The molecule has 0 bridgehead atoms. The molecule has 0 spiro atoms. The van der Waals surface area contributed by atoms with Crippen LogP contribution < -0.4 is 9.74 Å². The number of benzene rings is 4. The van der Waals surface area contributed by atoms with Crippen molar-refractivity contribution in [2.75, 3.05) is 18.6 Å². The summed E-state index contributed by atoms with van der Waals surface area (Å²) in [4.78, 5) is 21.8. The van der Waals surface area contributed by atoms with Crippen molar-refractivity contribution in [2.24, 2.45) is 0 Å². The monoisotopic (exact) mass is 602 g/mol. The first-order valence-corrected chi connectivity index (χ1v) is 15.4. The molecular formula is C34H30N6O3S. The van der Waals surface area contributed by atoms with E-state index in [-0.39, 0.29) is 12.1 Å². The summed E-state index contributed by atoms with van der Waals surface area (Å²) in [5.74, 6) is -0.526. The Kier molecular flexibility index (Phi) is 7.83. The van der Waals surface area contributed by atoms with E-state index >= 15 is 0 Å². The Bertz CT molecular complexity index is 1870. The minimum atomic E-state index is -0.526. The zero-order valence-corrected chi connectivity index (χ0v) is 24.9. The maximum absolute atomic E-state index is 12.7. The van der Waals surface area contributed by atoms with Gasteiger partial charge in [-0.25, -0.2) is 4.79 Å². The van der Waals surface area contributed by atoms with Gasteiger partial charge in [0.25, 0.3) is 0 Å². The first kappa shape index (κ1) is 27.9. The summed E-state index contributed by atoms with van der Waals surface area (Å²) in [6, 6.07) is 33.7. The molecule has 1 saturated heterocycles. The number of aromatic nitrogens is 5. The molecule has 0 radical (unpaired) electrons. The summed E-state index contributed by atoms with van der Waals surface area (Å²) >= 11 is 1.51. The van der Waals surface area contributed by atoms with E-state index in [4.69, 9.17) is 9.57 Å². The standard InChI is InChI=1S/C34H30N6O3S/c1-42-31(23-9-3-2-4-10-23)30-13-7-8-22-39(30)27-20-18-25(19-21-27)33-37-36-32(44-33)24-14-16-26(17-15-24)34(41)43-40-29-12-6-5-11-28(29)35-38-40/h2-6,9-12,14-21,30-31H,7-8,13,22H2,1H3. The highest BCUT2D eigenvalue weighted by Gasteiger charge is 2.31. The van der Waals surface area contributed by atoms with Crippen molar-refractivity contribution >= 4 is 34.0 Å². The zero-order valence-electron chi connectivity index (χ0n) is 24.1. The number of methoxy groups -OCH3 is 1. The highest BCUT2D eigenvalue weighted by molar-refractivity contribution is 7.17. The maximum atomic E-state index is 12.7. The van der Waals surface area contributed by atoms with E-state index in [1.807, 2.05) is 30.3 Å². The predicted octanol–water partition coefficient (Wildman–Crippen LogP) is 6.63. The first-order valence-electron chi connectivity index (χ1n) is 14.6. The second-order valence-electron chi connectivity index (χ2n) is 10.7. The molecule has 6 aromatic rings. The third-order valence-electron chi connectivity index (χ3n) is 8.01. The summed E-state index contributed by atoms with van der Waals surface area (Å²) < 4.78 is 6.03. The number of ether oxygens (including phenoxy) is 1. The molecule has 0 N–H and O–H groups in total. The van der Waals surface area contributed by atoms with Crippen molar-refractivity contribution in [3.63, 3.8) is 0 Å². The van der Waals surface area contributed by atoms with Gasteiger partial charge in [0.1, 0.15) is 27.2 Å². The molecule has 9 nitrogen and oxygen atoms in total. The summed E-state index contributed by atoms with van der Waals surface area (Å²) in [6.07, 6.45) is 3.46. The van der Waals surface area contributed by atoms with Gasteiger partial charge in [0.15, 0.2) is 0 Å². The van der Waals surface area contributed by atoms with Crippen LogP contribution in [0.4, 0.5) is 5.69 Å². The smallest absolute Gasteiger partial charge is 0.365 e. The van der Waals surface area contributed by atoms with Crippen LogP contribution in [0, 0.1) is 0 Å². The Morgan fingerprint density at radius 1 is 0.818 bits per heavy atom. The van der Waals surface area contributed by atoms with Crippen LogP contribution in [0.3, 0.4) is 0 Å². The SMILES string of the molecule is COC(c1ccccc1)C1CCCCN1c1ccc(-c2nnc(-c3ccc(C(=O)On4nnc5ccccc54)cc3)s2)cc1. The average molecular weight is 603 g/mol. The first-order chi connectivity index (χ1) is 21.7. The number of anilines is 1. The van der Waals surface area contributed by atoms with Gasteiger partial charge >= 0.3 is 5.97 Å². The number of piperidine rings is 1. The molecule has 2 atom stereocenters. The fraction of sp³-hybridized carbons (Fsp3) is 0.206. The number of fused-ring (bicyclic) bond motifs is 1. The van der Waals surface area contributed by atoms with Gasteiger partial charge in [0.2, 0.25) is 0 Å². The summed E-state index contributed by atoms with van der Waals surface area (Å²) in [5.41, 5.74) is 5.94. The topological polar surface area (TPSA) is 95.3 Å². The number of hydrogen-bond donors (Lipinski definition) is 0. The molecule has 220 valence electrons. The minimum absolute atomic E-state index is 0.0117. The third-order valence-corrected chi connectivity index (χ3v) is 9.03. The van der Waals surface area contributed by atoms with Crippen LogP contribution in [0.2, 0.25) is 0 Å². The third kappa shape index (κ3) is 5.57. The number of carbonyl (C=O) groups is 1. The van der Waals surface area contributed by atoms with Gasteiger partial charge < -0.3 is 14.5 Å². The fourth-order valence-corrected chi connectivity index (χ4v) is 6.65. The molecule has 1 fully saturated rings. The summed E-state index contributed by atoms with van der Waals surface area (Å²) in [6.45, 7) is 0.999. The van der Waals surface area contributed by atoms with E-state index < -0.39 is 5.97 Å². The number of rotatable bonds is 8. The average Bonchev–Trinajstić information content (AvgIpc) is 3.74. The molecule has 4 aromatic carbocycles. The largest absolute Gasteiger partial charge is 0.375 e. The van der Waals surface area contributed by atoms with Crippen LogP contribution >= 0.6 is 11.3 Å². The van der Waals surface area contributed by atoms with Crippen molar-refractivity contribution in [1.29, 1.82) is 0 Å². The van der Waals surface area contributed by atoms with E-state index in [0.29, 0.717) is 16.6 Å². The van der Waals surface area contributed by atoms with E-state index in [2.05, 4.69) is 73.9 Å². The van der Waals surface area contributed by atoms with Crippen LogP contribution in [0.25, 0.3) is 32.2 Å². The Balaban J connectivity index is 1.04. The van der Waals surface area contributed by atoms with Crippen LogP contribution in [-0.4, -0.2) is 51.0 Å². The van der Waals surface area contributed by atoms with Gasteiger partial charge in [-0.2, -0.15) is 0 Å². The van der Waals surface area contributed by atoms with Gasteiger partial charge in [-0.3, -0.25) is 0 Å². The molecule has 10 heteroatoms. The molecule has 7 rings (SSSR count). The molecule has 1 aliphatic rings. The molecule has 0 aliphatic carbocycles. The molecule has 3 heterocycles. The molecule has 44 heavy (non-hydrogen) atoms. The normalized spacial score (nSPS) is 15.8. The van der Waals surface area contributed by atoms with Crippen molar-refractivity contribution in [1.82, 2.24) is 25.4 Å². The van der Waals surface area contributed by atoms with Crippen molar-refractivity contribution < 1.29 is 14.4 Å². The van der Waals surface area contributed by atoms with Gasteiger partial charge in [0, 0.05) is 30.5 Å². The Morgan fingerprint density at radius 3 is 2.23 bits per heavy atom. The van der Waals surface area contributed by atoms with Gasteiger partial charge in [-0.05, 0) is 78.6 Å². The maximum Gasteiger partial charge on any atom is 0.365 e. The highest BCUT2D eigenvalue weighted by Crippen LogP contribution is 2.36. The number of carbonyl (C=O) groups excluding carboxylic acids is 1. The van der Waals surface area contributed by atoms with Crippen molar-refractivity contribution in [2.45, 2.75) is 31.4 Å². The van der Waals surface area contributed by atoms with Gasteiger partial charge in [-0.15, -0.1) is 15.3 Å². The lowest BCUT2D eigenvalue weighted by Crippen LogP contribution is -2.44. The van der Waals surface area contributed by atoms with Crippen molar-refractivity contribution in [3.05, 3.63) is 114 Å². The van der Waals surface area contributed by atoms with Crippen LogP contribution in [0.5, 0.6) is 0 Å². The second-order valence-corrected chi connectivity index (χ2v) is 11.7. The van der Waals surface area contributed by atoms with E-state index in [1.54, 1.807) is 31.4 Å². The number of para-hydroxylation sites is 1. The lowest BCUT2D eigenvalue weighted by atomic mass is 9.92. The van der Waals surface area contributed by atoms with E-state index in [9.17, 15) is 4.79 Å². The Labute approximate surface area is 258 Å². The Hall–Kier alpha value is -4.93. The van der Waals surface area contributed by atoms with Crippen LogP contribution in [0.15, 0.2) is 103 Å². The van der Waals surface area contributed by atoms with Crippen LogP contribution in [-0.2, 0) is 4.74 Å². The predicted molar refractivity (Wildman–Crippen MR) is 170 cm³/mol. The zero-order chi connectivity index (χ0) is 29.9. The lowest BCUT2D eigenvalue weighted by molar-refractivity contribution is 0.0409. The molecular weight excluding hydrogens is 572 g/mol. The molecule has 0 saturated carbocycles. The van der Waals surface area contributed by atoms with Crippen molar-refractivity contribution in [3.8, 4) is 21.1 Å². The van der Waals surface area contributed by atoms with Crippen LogP contribution in [0.1, 0.15) is 41.3 Å². The molecule has 2 unspecified atom stereocenters. The van der Waals surface area contributed by atoms with E-state index in [0.717, 1.165) is 45.4 Å². The summed E-state index contributed by atoms with van der Waals surface area (Å²) in [7, 11) is 1.81. The van der Waals surface area contributed by atoms with Gasteiger partial charge in [0.05, 0.1) is 11.6 Å². The summed E-state index contributed by atoms with van der Waals surface area (Å²) in [5, 5.41) is 18.4. The molecule has 0 amide bonds. The number of nitrogens with zero attached hydrogens (tertiary/aromatic N) is 6. The van der Waals surface area contributed by atoms with Gasteiger partial charge in [-0.1, -0.05) is 70.8 Å². The molecule has 1 aliphatic heterocycles.